The molecule has 0 aliphatic rings. The van der Waals surface area contributed by atoms with E-state index in [1.165, 1.54) is 12.1 Å². The lowest BCUT2D eigenvalue weighted by molar-refractivity contribution is -0.384. The van der Waals surface area contributed by atoms with Crippen LogP contribution in [0.15, 0.2) is 40.8 Å². The summed E-state index contributed by atoms with van der Waals surface area (Å²) in [5.74, 6) is 2.82. The summed E-state index contributed by atoms with van der Waals surface area (Å²) < 4.78 is 5.66. The Morgan fingerprint density at radius 3 is 2.57 bits per heavy atom. The van der Waals surface area contributed by atoms with Gasteiger partial charge in [-0.25, -0.2) is 0 Å². The summed E-state index contributed by atoms with van der Waals surface area (Å²) in [7, 11) is 0. The van der Waals surface area contributed by atoms with Gasteiger partial charge in [0.25, 0.3) is 5.69 Å². The first-order valence-electron chi connectivity index (χ1n) is 6.69. The number of nitro benzene ring substituents is 1. The molecule has 1 aromatic carbocycles. The van der Waals surface area contributed by atoms with Gasteiger partial charge in [0.1, 0.15) is 11.5 Å². The minimum atomic E-state index is -0.384. The summed E-state index contributed by atoms with van der Waals surface area (Å²) in [5, 5.41) is 13.9. The highest BCUT2D eigenvalue weighted by Crippen LogP contribution is 2.14. The Morgan fingerprint density at radius 2 is 1.90 bits per heavy atom. The van der Waals surface area contributed by atoms with Crippen LogP contribution in [-0.2, 0) is 18.7 Å². The predicted molar refractivity (Wildman–Crippen MR) is 84.4 cm³/mol. The Kier molecular flexibility index (Phi) is 5.83. The maximum atomic E-state index is 10.6. The minimum absolute atomic E-state index is 0.128. The fourth-order valence-electron chi connectivity index (χ4n) is 1.97. The Morgan fingerprint density at radius 1 is 1.19 bits per heavy atom. The molecule has 0 spiro atoms. The first kappa shape index (κ1) is 15.6. The topological polar surface area (TPSA) is 68.3 Å². The first-order chi connectivity index (χ1) is 10.2. The van der Waals surface area contributed by atoms with Crippen molar-refractivity contribution in [1.82, 2.24) is 5.32 Å². The lowest BCUT2D eigenvalue weighted by Gasteiger charge is -2.03. The zero-order valence-electron chi connectivity index (χ0n) is 11.9. The van der Waals surface area contributed by atoms with Crippen LogP contribution in [0.1, 0.15) is 17.1 Å². The van der Waals surface area contributed by atoms with E-state index in [1.807, 2.05) is 18.4 Å². The molecule has 0 amide bonds. The van der Waals surface area contributed by atoms with Crippen LogP contribution < -0.4 is 5.32 Å². The average molecular weight is 306 g/mol. The molecular weight excluding hydrogens is 288 g/mol. The molecule has 0 fully saturated rings. The lowest BCUT2D eigenvalue weighted by atomic mass is 10.1. The fraction of sp³-hybridized carbons (Fsp3) is 0.333. The van der Waals surface area contributed by atoms with Crippen LogP contribution in [0.2, 0.25) is 0 Å². The molecule has 5 nitrogen and oxygen atoms in total. The number of nitrogens with zero attached hydrogens (tertiary/aromatic N) is 1. The number of nitrogens with one attached hydrogen (secondary N) is 1. The van der Waals surface area contributed by atoms with Crippen LogP contribution >= 0.6 is 11.8 Å². The third-order valence-electron chi connectivity index (χ3n) is 3.04. The van der Waals surface area contributed by atoms with Crippen molar-refractivity contribution >= 4 is 17.4 Å². The quantitative estimate of drug-likeness (QED) is 0.460. The second-order valence-corrected chi connectivity index (χ2v) is 5.52. The molecule has 21 heavy (non-hydrogen) atoms. The Balaban J connectivity index is 1.72. The summed E-state index contributed by atoms with van der Waals surface area (Å²) >= 11 is 1.73. The average Bonchev–Trinajstić information content (AvgIpc) is 2.92. The van der Waals surface area contributed by atoms with Crippen molar-refractivity contribution in [2.45, 2.75) is 18.7 Å². The Labute approximate surface area is 127 Å². The summed E-state index contributed by atoms with van der Waals surface area (Å²) in [6.07, 6.45) is 2.88. The van der Waals surface area contributed by atoms with E-state index >= 15 is 0 Å². The van der Waals surface area contributed by atoms with Crippen molar-refractivity contribution in [3.8, 4) is 0 Å². The maximum absolute atomic E-state index is 10.6. The molecule has 0 saturated heterocycles. The SMILES string of the molecule is CSCc1ccc(CNCCc2ccc([N+](=O)[O-])cc2)o1. The third kappa shape index (κ3) is 4.91. The number of benzene rings is 1. The van der Waals surface area contributed by atoms with Crippen molar-refractivity contribution < 1.29 is 9.34 Å². The summed E-state index contributed by atoms with van der Waals surface area (Å²) in [6.45, 7) is 1.50. The van der Waals surface area contributed by atoms with E-state index in [2.05, 4.69) is 5.32 Å². The molecule has 2 rings (SSSR count). The van der Waals surface area contributed by atoms with Crippen molar-refractivity contribution in [2.24, 2.45) is 0 Å². The van der Waals surface area contributed by atoms with Crippen molar-refractivity contribution in [2.75, 3.05) is 12.8 Å². The van der Waals surface area contributed by atoms with Crippen molar-refractivity contribution in [3.05, 3.63) is 63.6 Å². The second-order valence-electron chi connectivity index (χ2n) is 4.65. The minimum Gasteiger partial charge on any atom is -0.464 e. The molecular formula is C15H18N2O3S. The Hall–Kier alpha value is -1.79. The normalized spacial score (nSPS) is 10.7. The maximum Gasteiger partial charge on any atom is 0.269 e. The van der Waals surface area contributed by atoms with Gasteiger partial charge in [-0.3, -0.25) is 10.1 Å². The zero-order chi connectivity index (χ0) is 15.1. The van der Waals surface area contributed by atoms with Crippen molar-refractivity contribution in [1.29, 1.82) is 0 Å². The molecule has 1 heterocycles. The van der Waals surface area contributed by atoms with Gasteiger partial charge in [-0.15, -0.1) is 0 Å². The molecule has 0 bridgehead atoms. The van der Waals surface area contributed by atoms with Crippen LogP contribution in [0.25, 0.3) is 0 Å². The predicted octanol–water partition coefficient (Wildman–Crippen LogP) is 3.38. The van der Waals surface area contributed by atoms with Gasteiger partial charge in [-0.2, -0.15) is 11.8 Å². The van der Waals surface area contributed by atoms with E-state index < -0.39 is 0 Å². The highest BCUT2D eigenvalue weighted by atomic mass is 32.2. The van der Waals surface area contributed by atoms with E-state index in [0.29, 0.717) is 6.54 Å². The van der Waals surface area contributed by atoms with Gasteiger partial charge in [0, 0.05) is 12.1 Å². The number of furan rings is 1. The van der Waals surface area contributed by atoms with Gasteiger partial charge in [0.15, 0.2) is 0 Å². The van der Waals surface area contributed by atoms with Crippen LogP contribution in [-0.4, -0.2) is 17.7 Å². The monoisotopic (exact) mass is 306 g/mol. The molecule has 0 radical (unpaired) electrons. The van der Waals surface area contributed by atoms with Crippen LogP contribution in [0, 0.1) is 10.1 Å². The fourth-order valence-corrected chi connectivity index (χ4v) is 2.41. The number of thioether (sulfide) groups is 1. The summed E-state index contributed by atoms with van der Waals surface area (Å²) in [6, 6.07) is 10.7. The molecule has 1 aromatic heterocycles. The second kappa shape index (κ2) is 7.85. The largest absolute Gasteiger partial charge is 0.464 e. The molecule has 0 saturated carbocycles. The summed E-state index contributed by atoms with van der Waals surface area (Å²) in [4.78, 5) is 10.2. The van der Waals surface area contributed by atoms with Gasteiger partial charge in [-0.05, 0) is 36.9 Å². The van der Waals surface area contributed by atoms with Crippen LogP contribution in [0.5, 0.6) is 0 Å². The van der Waals surface area contributed by atoms with Gasteiger partial charge >= 0.3 is 0 Å². The molecule has 2 aromatic rings. The Bertz CT molecular complexity index is 581. The van der Waals surface area contributed by atoms with Gasteiger partial charge in [0.05, 0.1) is 17.2 Å². The molecule has 112 valence electrons. The van der Waals surface area contributed by atoms with E-state index in [0.717, 1.165) is 35.8 Å². The van der Waals surface area contributed by atoms with E-state index in [-0.39, 0.29) is 10.6 Å². The third-order valence-corrected chi connectivity index (χ3v) is 3.61. The smallest absolute Gasteiger partial charge is 0.269 e. The number of nitro groups is 1. The van der Waals surface area contributed by atoms with Gasteiger partial charge in [-0.1, -0.05) is 12.1 Å². The molecule has 0 aliphatic heterocycles. The number of rotatable bonds is 8. The number of non-ortho nitro benzene ring substituents is 1. The number of hydrogen-bond donors (Lipinski definition) is 1. The molecule has 0 unspecified atom stereocenters. The molecule has 0 atom stereocenters. The van der Waals surface area contributed by atoms with Gasteiger partial charge < -0.3 is 9.73 Å². The molecule has 1 N–H and O–H groups in total. The van der Waals surface area contributed by atoms with Gasteiger partial charge in [0.2, 0.25) is 0 Å². The van der Waals surface area contributed by atoms with E-state index in [1.54, 1.807) is 23.9 Å². The van der Waals surface area contributed by atoms with E-state index in [4.69, 9.17) is 4.42 Å². The van der Waals surface area contributed by atoms with E-state index in [9.17, 15) is 10.1 Å². The lowest BCUT2D eigenvalue weighted by Crippen LogP contribution is -2.16. The zero-order valence-corrected chi connectivity index (χ0v) is 12.7. The molecule has 0 aliphatic carbocycles. The van der Waals surface area contributed by atoms with Crippen LogP contribution in [0.4, 0.5) is 5.69 Å². The molecule has 6 heteroatoms. The highest BCUT2D eigenvalue weighted by Gasteiger charge is 2.04. The standard InChI is InChI=1S/C15H18N2O3S/c1-21-11-15-7-6-14(20-15)10-16-9-8-12-2-4-13(5-3-12)17(18)19/h2-7,16H,8-11H2,1H3. The van der Waals surface area contributed by atoms with Crippen LogP contribution in [0.3, 0.4) is 0 Å². The first-order valence-corrected chi connectivity index (χ1v) is 8.09. The number of hydrogen-bond acceptors (Lipinski definition) is 5. The van der Waals surface area contributed by atoms with Crippen molar-refractivity contribution in [3.63, 3.8) is 0 Å². The highest BCUT2D eigenvalue weighted by molar-refractivity contribution is 7.97. The summed E-state index contributed by atoms with van der Waals surface area (Å²) in [5.41, 5.74) is 1.21.